The quantitative estimate of drug-likeness (QED) is 0.649. The fourth-order valence-corrected chi connectivity index (χ4v) is 2.23. The summed E-state index contributed by atoms with van der Waals surface area (Å²) < 4.78 is 1.95. The molecule has 0 aliphatic rings. The molecule has 0 aliphatic carbocycles. The van der Waals surface area contributed by atoms with Crippen LogP contribution in [0.1, 0.15) is 76.9 Å². The molecule has 1 aromatic heterocycles. The van der Waals surface area contributed by atoms with Crippen molar-refractivity contribution in [3.63, 3.8) is 0 Å². The summed E-state index contributed by atoms with van der Waals surface area (Å²) in [5.41, 5.74) is 7.30. The summed E-state index contributed by atoms with van der Waals surface area (Å²) in [7, 11) is 0. The van der Waals surface area contributed by atoms with Gasteiger partial charge in [0, 0.05) is 12.6 Å². The Bertz CT molecular complexity index is 308. The molecule has 0 saturated carbocycles. The molecule has 0 spiro atoms. The van der Waals surface area contributed by atoms with Gasteiger partial charge in [-0.1, -0.05) is 57.6 Å². The van der Waals surface area contributed by atoms with Gasteiger partial charge in [-0.05, 0) is 12.8 Å². The van der Waals surface area contributed by atoms with Crippen LogP contribution in [-0.4, -0.2) is 15.0 Å². The van der Waals surface area contributed by atoms with Gasteiger partial charge in [0.15, 0.2) is 0 Å². The van der Waals surface area contributed by atoms with Gasteiger partial charge in [0.1, 0.15) is 0 Å². The fourth-order valence-electron chi connectivity index (χ4n) is 2.23. The number of rotatable bonds is 10. The molecule has 4 heteroatoms. The molecule has 1 atom stereocenters. The van der Waals surface area contributed by atoms with Gasteiger partial charge in [0.25, 0.3) is 0 Å². The summed E-state index contributed by atoms with van der Waals surface area (Å²) in [5.74, 6) is 0. The molecule has 2 N–H and O–H groups in total. The summed E-state index contributed by atoms with van der Waals surface area (Å²) in [6, 6.07) is 0.0951. The van der Waals surface area contributed by atoms with Gasteiger partial charge in [0.05, 0.1) is 11.9 Å². The van der Waals surface area contributed by atoms with E-state index >= 15 is 0 Å². The van der Waals surface area contributed by atoms with Crippen LogP contribution in [0.3, 0.4) is 0 Å². The van der Waals surface area contributed by atoms with Crippen molar-refractivity contribution in [1.29, 1.82) is 0 Å². The van der Waals surface area contributed by atoms with Gasteiger partial charge in [-0.3, -0.25) is 0 Å². The molecular weight excluding hydrogens is 224 g/mol. The molecule has 0 aliphatic heterocycles. The van der Waals surface area contributed by atoms with E-state index < -0.39 is 0 Å². The Morgan fingerprint density at radius 2 is 1.83 bits per heavy atom. The van der Waals surface area contributed by atoms with Crippen molar-refractivity contribution in [2.24, 2.45) is 5.73 Å². The van der Waals surface area contributed by atoms with Crippen molar-refractivity contribution in [1.82, 2.24) is 15.0 Å². The maximum absolute atomic E-state index is 6.21. The van der Waals surface area contributed by atoms with Gasteiger partial charge >= 0.3 is 0 Å². The molecule has 0 radical (unpaired) electrons. The molecule has 0 bridgehead atoms. The second-order valence-electron chi connectivity index (χ2n) is 5.04. The Labute approximate surface area is 111 Å². The summed E-state index contributed by atoms with van der Waals surface area (Å²) in [4.78, 5) is 0. The molecule has 104 valence electrons. The number of nitrogens with zero attached hydrogens (tertiary/aromatic N) is 3. The smallest absolute Gasteiger partial charge is 0.0754 e. The molecule has 4 nitrogen and oxygen atoms in total. The van der Waals surface area contributed by atoms with Gasteiger partial charge in [0.2, 0.25) is 0 Å². The second kappa shape index (κ2) is 9.09. The molecule has 0 fully saturated rings. The third-order valence-electron chi connectivity index (χ3n) is 3.33. The van der Waals surface area contributed by atoms with Gasteiger partial charge in [-0.15, -0.1) is 5.10 Å². The summed E-state index contributed by atoms with van der Waals surface area (Å²) in [6.07, 6.45) is 11.8. The van der Waals surface area contributed by atoms with E-state index in [2.05, 4.69) is 24.2 Å². The highest BCUT2D eigenvalue weighted by molar-refractivity contribution is 5.00. The van der Waals surface area contributed by atoms with Crippen LogP contribution in [-0.2, 0) is 6.54 Å². The number of aromatic nitrogens is 3. The SMILES string of the molecule is CCCCCCCCC(N)c1cnnn1CCC. The van der Waals surface area contributed by atoms with Crippen LogP contribution >= 0.6 is 0 Å². The first-order valence-electron chi connectivity index (χ1n) is 7.43. The third kappa shape index (κ3) is 5.17. The minimum Gasteiger partial charge on any atom is -0.323 e. The maximum atomic E-state index is 6.21. The van der Waals surface area contributed by atoms with Crippen molar-refractivity contribution in [2.75, 3.05) is 0 Å². The predicted molar refractivity (Wildman–Crippen MR) is 75.2 cm³/mol. The normalized spacial score (nSPS) is 12.8. The molecule has 0 amide bonds. The van der Waals surface area contributed by atoms with Crippen LogP contribution in [0.5, 0.6) is 0 Å². The summed E-state index contributed by atoms with van der Waals surface area (Å²) in [5, 5.41) is 8.05. The zero-order chi connectivity index (χ0) is 13.2. The first kappa shape index (κ1) is 15.2. The van der Waals surface area contributed by atoms with Gasteiger partial charge in [-0.25, -0.2) is 4.68 Å². The van der Waals surface area contributed by atoms with E-state index in [4.69, 9.17) is 5.73 Å². The standard InChI is InChI=1S/C14H28N4/c1-3-5-6-7-8-9-10-13(15)14-12-16-17-18(14)11-4-2/h12-13H,3-11,15H2,1-2H3. The summed E-state index contributed by atoms with van der Waals surface area (Å²) in [6.45, 7) is 5.31. The average Bonchev–Trinajstić information content (AvgIpc) is 2.82. The topological polar surface area (TPSA) is 56.7 Å². The molecule has 0 saturated heterocycles. The molecule has 1 aromatic rings. The van der Waals surface area contributed by atoms with Crippen molar-refractivity contribution >= 4 is 0 Å². The highest BCUT2D eigenvalue weighted by Crippen LogP contribution is 2.17. The van der Waals surface area contributed by atoms with Crippen LogP contribution in [0, 0.1) is 0 Å². The lowest BCUT2D eigenvalue weighted by Crippen LogP contribution is -2.16. The van der Waals surface area contributed by atoms with E-state index in [0.29, 0.717) is 0 Å². The molecule has 1 rings (SSSR count). The third-order valence-corrected chi connectivity index (χ3v) is 3.33. The van der Waals surface area contributed by atoms with Gasteiger partial charge in [-0.2, -0.15) is 0 Å². The average molecular weight is 252 g/mol. The number of hydrogen-bond donors (Lipinski definition) is 1. The fraction of sp³-hybridized carbons (Fsp3) is 0.857. The Morgan fingerprint density at radius 1 is 1.11 bits per heavy atom. The predicted octanol–water partition coefficient (Wildman–Crippen LogP) is 3.44. The van der Waals surface area contributed by atoms with Crippen LogP contribution in [0.2, 0.25) is 0 Å². The molecule has 0 aromatic carbocycles. The Morgan fingerprint density at radius 3 is 2.56 bits per heavy atom. The van der Waals surface area contributed by atoms with Crippen molar-refractivity contribution in [3.05, 3.63) is 11.9 Å². The van der Waals surface area contributed by atoms with E-state index in [0.717, 1.165) is 25.1 Å². The van der Waals surface area contributed by atoms with E-state index in [1.165, 1.54) is 38.5 Å². The van der Waals surface area contributed by atoms with Gasteiger partial charge < -0.3 is 5.73 Å². The molecule has 1 unspecified atom stereocenters. The maximum Gasteiger partial charge on any atom is 0.0754 e. The largest absolute Gasteiger partial charge is 0.323 e. The number of unbranched alkanes of at least 4 members (excludes halogenated alkanes) is 5. The minimum absolute atomic E-state index is 0.0951. The number of hydrogen-bond acceptors (Lipinski definition) is 3. The molecular formula is C14H28N4. The second-order valence-corrected chi connectivity index (χ2v) is 5.04. The van der Waals surface area contributed by atoms with E-state index in [9.17, 15) is 0 Å². The first-order chi connectivity index (χ1) is 8.79. The summed E-state index contributed by atoms with van der Waals surface area (Å²) >= 11 is 0. The number of nitrogens with two attached hydrogens (primary N) is 1. The first-order valence-corrected chi connectivity index (χ1v) is 7.43. The van der Waals surface area contributed by atoms with E-state index in [1.807, 2.05) is 10.9 Å². The van der Waals surface area contributed by atoms with Crippen LogP contribution in [0.15, 0.2) is 6.20 Å². The lowest BCUT2D eigenvalue weighted by molar-refractivity contribution is 0.492. The van der Waals surface area contributed by atoms with Crippen LogP contribution in [0.25, 0.3) is 0 Å². The highest BCUT2D eigenvalue weighted by Gasteiger charge is 2.11. The highest BCUT2D eigenvalue weighted by atomic mass is 15.4. The zero-order valence-corrected chi connectivity index (χ0v) is 11.9. The molecule has 1 heterocycles. The number of aryl methyl sites for hydroxylation is 1. The van der Waals surface area contributed by atoms with Crippen LogP contribution < -0.4 is 5.73 Å². The Hall–Kier alpha value is -0.900. The minimum atomic E-state index is 0.0951. The van der Waals surface area contributed by atoms with Crippen molar-refractivity contribution in [3.8, 4) is 0 Å². The van der Waals surface area contributed by atoms with Crippen molar-refractivity contribution in [2.45, 2.75) is 77.8 Å². The Balaban J connectivity index is 2.23. The monoisotopic (exact) mass is 252 g/mol. The van der Waals surface area contributed by atoms with E-state index in [-0.39, 0.29) is 6.04 Å². The molecule has 18 heavy (non-hydrogen) atoms. The lowest BCUT2D eigenvalue weighted by atomic mass is 10.0. The van der Waals surface area contributed by atoms with Crippen LogP contribution in [0.4, 0.5) is 0 Å². The lowest BCUT2D eigenvalue weighted by Gasteiger charge is -2.12. The zero-order valence-electron chi connectivity index (χ0n) is 11.9. The van der Waals surface area contributed by atoms with Crippen molar-refractivity contribution < 1.29 is 0 Å². The van der Waals surface area contributed by atoms with E-state index in [1.54, 1.807) is 0 Å². The Kier molecular flexibility index (Phi) is 7.65.